The summed E-state index contributed by atoms with van der Waals surface area (Å²) < 4.78 is 0.865. The molecule has 0 aliphatic heterocycles. The van der Waals surface area contributed by atoms with E-state index in [4.69, 9.17) is 0 Å². The Kier molecular flexibility index (Phi) is 5.20. The number of aromatic nitrogens is 1. The first kappa shape index (κ1) is 15.1. The predicted molar refractivity (Wildman–Crippen MR) is 86.0 cm³/mol. The van der Waals surface area contributed by atoms with Crippen LogP contribution in [-0.2, 0) is 6.54 Å². The molecule has 0 N–H and O–H groups in total. The van der Waals surface area contributed by atoms with Crippen LogP contribution in [0.15, 0.2) is 52.0 Å². The van der Waals surface area contributed by atoms with Gasteiger partial charge < -0.3 is 4.90 Å². The summed E-state index contributed by atoms with van der Waals surface area (Å²) in [5, 5.41) is 0. The maximum Gasteiger partial charge on any atom is 0.272 e. The van der Waals surface area contributed by atoms with E-state index in [-0.39, 0.29) is 5.91 Å². The number of halogens is 1. The molecule has 5 heteroatoms. The molecule has 3 nitrogen and oxygen atoms in total. The molecule has 20 heavy (non-hydrogen) atoms. The van der Waals surface area contributed by atoms with Crippen LogP contribution in [-0.4, -0.2) is 29.1 Å². The van der Waals surface area contributed by atoms with Gasteiger partial charge in [0.25, 0.3) is 5.91 Å². The molecule has 2 aromatic rings. The fraction of sp³-hybridized carbons (Fsp3) is 0.200. The monoisotopic (exact) mass is 350 g/mol. The minimum atomic E-state index is -0.0774. The van der Waals surface area contributed by atoms with Gasteiger partial charge in [-0.25, -0.2) is 4.98 Å². The largest absolute Gasteiger partial charge is 0.336 e. The van der Waals surface area contributed by atoms with Gasteiger partial charge in [0.15, 0.2) is 0 Å². The summed E-state index contributed by atoms with van der Waals surface area (Å²) in [4.78, 5) is 19.2. The summed E-state index contributed by atoms with van der Waals surface area (Å²) in [7, 11) is 1.79. The predicted octanol–water partition coefficient (Wildman–Crippen LogP) is 3.84. The molecule has 0 aliphatic carbocycles. The topological polar surface area (TPSA) is 33.2 Å². The number of hydrogen-bond acceptors (Lipinski definition) is 3. The molecule has 1 aromatic carbocycles. The number of carbonyl (C=O) groups is 1. The Labute approximate surface area is 131 Å². The molecule has 104 valence electrons. The minimum Gasteiger partial charge on any atom is -0.336 e. The summed E-state index contributed by atoms with van der Waals surface area (Å²) in [6, 6.07) is 11.8. The van der Waals surface area contributed by atoms with Crippen molar-refractivity contribution in [2.24, 2.45) is 0 Å². The highest BCUT2D eigenvalue weighted by molar-refractivity contribution is 9.10. The van der Waals surface area contributed by atoms with Crippen LogP contribution in [0.25, 0.3) is 0 Å². The molecule has 0 saturated heterocycles. The number of nitrogens with zero attached hydrogens (tertiary/aromatic N) is 2. The number of benzene rings is 1. The second-order valence-corrected chi connectivity index (χ2v) is 6.17. The molecule has 0 atom stereocenters. The highest BCUT2D eigenvalue weighted by atomic mass is 79.9. The van der Waals surface area contributed by atoms with E-state index in [1.54, 1.807) is 36.0 Å². The lowest BCUT2D eigenvalue weighted by Gasteiger charge is -2.17. The van der Waals surface area contributed by atoms with E-state index in [9.17, 15) is 4.79 Å². The summed E-state index contributed by atoms with van der Waals surface area (Å²) in [5.74, 6) is -0.0774. The molecule has 2 rings (SSSR count). The Bertz CT molecular complexity index is 584. The number of amides is 1. The van der Waals surface area contributed by atoms with Gasteiger partial charge in [-0.3, -0.25) is 4.79 Å². The lowest BCUT2D eigenvalue weighted by atomic mass is 10.2. The van der Waals surface area contributed by atoms with E-state index in [0.717, 1.165) is 10.0 Å². The first-order valence-corrected chi connectivity index (χ1v) is 8.12. The molecule has 1 heterocycles. The van der Waals surface area contributed by atoms with Gasteiger partial charge in [-0.15, -0.1) is 11.8 Å². The molecule has 0 fully saturated rings. The Morgan fingerprint density at radius 3 is 2.50 bits per heavy atom. The Balaban J connectivity index is 2.04. The second-order valence-electron chi connectivity index (χ2n) is 4.37. The molecule has 0 unspecified atom stereocenters. The van der Waals surface area contributed by atoms with Crippen molar-refractivity contribution in [2.75, 3.05) is 13.3 Å². The smallest absolute Gasteiger partial charge is 0.272 e. The van der Waals surface area contributed by atoms with Crippen LogP contribution < -0.4 is 0 Å². The molecule has 1 amide bonds. The third-order valence-corrected chi connectivity index (χ3v) is 4.08. The quantitative estimate of drug-likeness (QED) is 0.785. The molecule has 0 spiro atoms. The lowest BCUT2D eigenvalue weighted by molar-refractivity contribution is 0.0779. The van der Waals surface area contributed by atoms with Crippen LogP contribution in [0.2, 0.25) is 0 Å². The molecular formula is C15H15BrN2OS. The maximum absolute atomic E-state index is 12.2. The molecule has 0 aliphatic rings. The van der Waals surface area contributed by atoms with E-state index < -0.39 is 0 Å². The molecule has 0 radical (unpaired) electrons. The van der Waals surface area contributed by atoms with Crippen molar-refractivity contribution >= 4 is 33.6 Å². The van der Waals surface area contributed by atoms with E-state index in [0.29, 0.717) is 12.2 Å². The van der Waals surface area contributed by atoms with Crippen molar-refractivity contribution in [1.29, 1.82) is 0 Å². The van der Waals surface area contributed by atoms with Crippen molar-refractivity contribution in [1.82, 2.24) is 9.88 Å². The highest BCUT2D eigenvalue weighted by Gasteiger charge is 2.13. The lowest BCUT2D eigenvalue weighted by Crippen LogP contribution is -2.26. The van der Waals surface area contributed by atoms with E-state index in [1.165, 1.54) is 4.90 Å². The standard InChI is InChI=1S/C15H15BrN2OS/c1-18(10-11-3-6-13(20-2)7-4-11)15(19)14-8-5-12(16)9-17-14/h3-9H,10H2,1-2H3. The van der Waals surface area contributed by atoms with E-state index >= 15 is 0 Å². The van der Waals surface area contributed by atoms with E-state index in [2.05, 4.69) is 33.0 Å². The van der Waals surface area contributed by atoms with Crippen LogP contribution in [0.5, 0.6) is 0 Å². The van der Waals surface area contributed by atoms with E-state index in [1.807, 2.05) is 24.5 Å². The number of thioether (sulfide) groups is 1. The van der Waals surface area contributed by atoms with Crippen LogP contribution in [0.1, 0.15) is 16.1 Å². The average molecular weight is 351 g/mol. The summed E-state index contributed by atoms with van der Waals surface area (Å²) in [5.41, 5.74) is 1.56. The summed E-state index contributed by atoms with van der Waals surface area (Å²) in [6.07, 6.45) is 3.68. The fourth-order valence-electron chi connectivity index (χ4n) is 1.77. The Morgan fingerprint density at radius 1 is 1.25 bits per heavy atom. The minimum absolute atomic E-state index is 0.0774. The van der Waals surface area contributed by atoms with Crippen LogP contribution >= 0.6 is 27.7 Å². The summed E-state index contributed by atoms with van der Waals surface area (Å²) >= 11 is 5.02. The fourth-order valence-corrected chi connectivity index (χ4v) is 2.42. The molecule has 1 aromatic heterocycles. The van der Waals surface area contributed by atoms with Crippen molar-refractivity contribution in [3.63, 3.8) is 0 Å². The van der Waals surface area contributed by atoms with Gasteiger partial charge in [0.1, 0.15) is 5.69 Å². The van der Waals surface area contributed by atoms with Gasteiger partial charge in [0, 0.05) is 29.2 Å². The number of rotatable bonds is 4. The van der Waals surface area contributed by atoms with Crippen molar-refractivity contribution < 1.29 is 4.79 Å². The zero-order valence-electron chi connectivity index (χ0n) is 11.3. The van der Waals surface area contributed by atoms with Gasteiger partial charge in [0.05, 0.1) is 0 Å². The SMILES string of the molecule is CSc1ccc(CN(C)C(=O)c2ccc(Br)cn2)cc1. The Morgan fingerprint density at radius 2 is 1.95 bits per heavy atom. The number of carbonyl (C=O) groups excluding carboxylic acids is 1. The first-order chi connectivity index (χ1) is 9.60. The van der Waals surface area contributed by atoms with Gasteiger partial charge >= 0.3 is 0 Å². The van der Waals surface area contributed by atoms with Gasteiger partial charge in [-0.1, -0.05) is 12.1 Å². The van der Waals surface area contributed by atoms with Crippen molar-refractivity contribution in [2.45, 2.75) is 11.4 Å². The molecular weight excluding hydrogens is 336 g/mol. The normalized spacial score (nSPS) is 10.3. The second kappa shape index (κ2) is 6.90. The van der Waals surface area contributed by atoms with Crippen LogP contribution in [0, 0.1) is 0 Å². The van der Waals surface area contributed by atoms with Crippen LogP contribution in [0.4, 0.5) is 0 Å². The zero-order chi connectivity index (χ0) is 14.5. The van der Waals surface area contributed by atoms with Crippen LogP contribution in [0.3, 0.4) is 0 Å². The number of hydrogen-bond donors (Lipinski definition) is 0. The third kappa shape index (κ3) is 3.84. The van der Waals surface area contributed by atoms with Gasteiger partial charge in [-0.05, 0) is 52.0 Å². The zero-order valence-corrected chi connectivity index (χ0v) is 13.7. The van der Waals surface area contributed by atoms with Gasteiger partial charge in [-0.2, -0.15) is 0 Å². The molecule has 0 bridgehead atoms. The Hall–Kier alpha value is -1.33. The average Bonchev–Trinajstić information content (AvgIpc) is 2.48. The maximum atomic E-state index is 12.2. The first-order valence-electron chi connectivity index (χ1n) is 6.10. The van der Waals surface area contributed by atoms with Crippen molar-refractivity contribution in [3.05, 3.63) is 58.3 Å². The number of pyridine rings is 1. The third-order valence-electron chi connectivity index (χ3n) is 2.87. The summed E-state index contributed by atoms with van der Waals surface area (Å²) in [6.45, 7) is 0.575. The van der Waals surface area contributed by atoms with Gasteiger partial charge in [0.2, 0.25) is 0 Å². The van der Waals surface area contributed by atoms with Crippen molar-refractivity contribution in [3.8, 4) is 0 Å². The molecule has 0 saturated carbocycles. The highest BCUT2D eigenvalue weighted by Crippen LogP contribution is 2.16.